The van der Waals surface area contributed by atoms with Crippen molar-refractivity contribution in [3.63, 3.8) is 0 Å². The summed E-state index contributed by atoms with van der Waals surface area (Å²) in [7, 11) is 1.75. The lowest BCUT2D eigenvalue weighted by Gasteiger charge is -2.26. The second-order valence-electron chi connectivity index (χ2n) is 10.2. The molecule has 0 radical (unpaired) electrons. The number of hydrogen-bond donors (Lipinski definition) is 0. The van der Waals surface area contributed by atoms with Gasteiger partial charge in [-0.25, -0.2) is 0 Å². The predicted molar refractivity (Wildman–Crippen MR) is 136 cm³/mol. The molecule has 2 heterocycles. The van der Waals surface area contributed by atoms with Gasteiger partial charge in [-0.3, -0.25) is 14.7 Å². The molecule has 2 aliphatic rings. The van der Waals surface area contributed by atoms with Crippen LogP contribution in [0.1, 0.15) is 47.7 Å². The molecule has 5 nitrogen and oxygen atoms in total. The highest BCUT2D eigenvalue weighted by molar-refractivity contribution is 6.00. The van der Waals surface area contributed by atoms with Gasteiger partial charge < -0.3 is 9.64 Å². The standard InChI is InChI=1S/C29H27F6N3O2/c1-37(14-13-18-5-12-26(36-17-18)29(33,34)35)25-16-24(19-3-2-4-23(15-19)40-22-10-11-22)38(27(25)39)21-8-6-20(7-9-21)28(30,31)32/h2-9,12,15,17,22,24-25H,10-11,13-14,16H2,1H3. The second kappa shape index (κ2) is 10.8. The monoisotopic (exact) mass is 563 g/mol. The maximum Gasteiger partial charge on any atom is 0.433 e. The van der Waals surface area contributed by atoms with E-state index < -0.39 is 35.7 Å². The number of anilines is 1. The van der Waals surface area contributed by atoms with Crippen molar-refractivity contribution in [3.05, 3.63) is 89.2 Å². The van der Waals surface area contributed by atoms with E-state index in [-0.39, 0.29) is 12.0 Å². The van der Waals surface area contributed by atoms with Crippen molar-refractivity contribution in [2.24, 2.45) is 0 Å². The lowest BCUT2D eigenvalue weighted by molar-refractivity contribution is -0.141. The van der Waals surface area contributed by atoms with Crippen LogP contribution in [0.25, 0.3) is 0 Å². The molecule has 1 saturated heterocycles. The molecule has 3 aromatic rings. The molecule has 1 aromatic heterocycles. The summed E-state index contributed by atoms with van der Waals surface area (Å²) >= 11 is 0. The largest absolute Gasteiger partial charge is 0.490 e. The zero-order valence-electron chi connectivity index (χ0n) is 21.5. The normalized spacial score (nSPS) is 19.9. The molecule has 1 amide bonds. The number of benzene rings is 2. The number of hydrogen-bond acceptors (Lipinski definition) is 4. The zero-order valence-corrected chi connectivity index (χ0v) is 21.5. The van der Waals surface area contributed by atoms with Crippen molar-refractivity contribution >= 4 is 11.6 Å². The Morgan fingerprint density at radius 1 is 0.975 bits per heavy atom. The van der Waals surface area contributed by atoms with E-state index in [0.717, 1.165) is 36.6 Å². The first kappa shape index (κ1) is 27.9. The summed E-state index contributed by atoms with van der Waals surface area (Å²) in [5, 5.41) is 0. The Morgan fingerprint density at radius 2 is 1.70 bits per heavy atom. The molecule has 40 heavy (non-hydrogen) atoms. The molecular formula is C29H27F6N3O2. The average molecular weight is 564 g/mol. The second-order valence-corrected chi connectivity index (χ2v) is 10.2. The van der Waals surface area contributed by atoms with Crippen LogP contribution in [-0.2, 0) is 23.6 Å². The third-order valence-corrected chi connectivity index (χ3v) is 7.22. The fourth-order valence-electron chi connectivity index (χ4n) is 4.88. The lowest BCUT2D eigenvalue weighted by atomic mass is 10.0. The van der Waals surface area contributed by atoms with Crippen LogP contribution in [0.5, 0.6) is 5.75 Å². The molecule has 1 aliphatic heterocycles. The number of carbonyl (C=O) groups excluding carboxylic acids is 1. The Morgan fingerprint density at radius 3 is 2.30 bits per heavy atom. The van der Waals surface area contributed by atoms with Gasteiger partial charge in [0.1, 0.15) is 11.4 Å². The van der Waals surface area contributed by atoms with Gasteiger partial charge in [0.15, 0.2) is 0 Å². The van der Waals surface area contributed by atoms with E-state index in [9.17, 15) is 31.1 Å². The Bertz CT molecular complexity index is 1340. The van der Waals surface area contributed by atoms with Crippen LogP contribution in [0.3, 0.4) is 0 Å². The number of amides is 1. The molecule has 11 heteroatoms. The number of ether oxygens (including phenoxy) is 1. The van der Waals surface area contributed by atoms with Gasteiger partial charge in [-0.2, -0.15) is 26.3 Å². The smallest absolute Gasteiger partial charge is 0.433 e. The molecule has 1 aliphatic carbocycles. The summed E-state index contributed by atoms with van der Waals surface area (Å²) in [5.41, 5.74) is -0.0449. The third-order valence-electron chi connectivity index (χ3n) is 7.22. The first-order chi connectivity index (χ1) is 18.9. The Labute approximate surface area is 227 Å². The van der Waals surface area contributed by atoms with E-state index in [1.807, 2.05) is 29.2 Å². The highest BCUT2D eigenvalue weighted by Crippen LogP contribution is 2.41. The fraction of sp³-hybridized carbons (Fsp3) is 0.379. The van der Waals surface area contributed by atoms with Crippen LogP contribution in [0.4, 0.5) is 32.0 Å². The Hall–Kier alpha value is -3.60. The van der Waals surface area contributed by atoms with E-state index in [1.54, 1.807) is 7.05 Å². The van der Waals surface area contributed by atoms with Crippen molar-refractivity contribution in [3.8, 4) is 5.75 Å². The molecule has 5 rings (SSSR count). The minimum Gasteiger partial charge on any atom is -0.490 e. The van der Waals surface area contributed by atoms with Gasteiger partial charge >= 0.3 is 12.4 Å². The average Bonchev–Trinajstić information content (AvgIpc) is 3.66. The van der Waals surface area contributed by atoms with Gasteiger partial charge in [-0.1, -0.05) is 18.2 Å². The molecule has 2 atom stereocenters. The van der Waals surface area contributed by atoms with Crippen LogP contribution in [0.15, 0.2) is 66.9 Å². The Balaban J connectivity index is 1.37. The quantitative estimate of drug-likeness (QED) is 0.287. The van der Waals surface area contributed by atoms with Crippen molar-refractivity contribution < 1.29 is 35.9 Å². The van der Waals surface area contributed by atoms with Gasteiger partial charge in [0.25, 0.3) is 0 Å². The van der Waals surface area contributed by atoms with Crippen LogP contribution in [0.2, 0.25) is 0 Å². The highest BCUT2D eigenvalue weighted by Gasteiger charge is 2.43. The fourth-order valence-corrected chi connectivity index (χ4v) is 4.88. The number of carbonyl (C=O) groups is 1. The van der Waals surface area contributed by atoms with E-state index in [4.69, 9.17) is 4.74 Å². The van der Waals surface area contributed by atoms with Gasteiger partial charge in [0.05, 0.1) is 23.8 Å². The number of aromatic nitrogens is 1. The maximum absolute atomic E-state index is 13.7. The lowest BCUT2D eigenvalue weighted by Crippen LogP contribution is -2.40. The molecule has 0 bridgehead atoms. The number of rotatable bonds is 8. The highest BCUT2D eigenvalue weighted by atomic mass is 19.4. The zero-order chi connectivity index (χ0) is 28.7. The number of pyridine rings is 1. The summed E-state index contributed by atoms with van der Waals surface area (Å²) in [6.45, 7) is 0.363. The van der Waals surface area contributed by atoms with E-state index in [0.29, 0.717) is 36.4 Å². The molecule has 1 saturated carbocycles. The molecule has 2 fully saturated rings. The topological polar surface area (TPSA) is 45.7 Å². The van der Waals surface area contributed by atoms with Gasteiger partial charge in [0, 0.05) is 18.4 Å². The van der Waals surface area contributed by atoms with Crippen LogP contribution >= 0.6 is 0 Å². The minimum absolute atomic E-state index is 0.171. The van der Waals surface area contributed by atoms with Crippen LogP contribution < -0.4 is 9.64 Å². The summed E-state index contributed by atoms with van der Waals surface area (Å²) in [4.78, 5) is 20.6. The van der Waals surface area contributed by atoms with Crippen molar-refractivity contribution in [2.75, 3.05) is 18.5 Å². The molecule has 2 unspecified atom stereocenters. The van der Waals surface area contributed by atoms with Crippen LogP contribution in [0, 0.1) is 0 Å². The van der Waals surface area contributed by atoms with Gasteiger partial charge in [-0.15, -0.1) is 0 Å². The minimum atomic E-state index is -4.52. The summed E-state index contributed by atoms with van der Waals surface area (Å²) in [6, 6.07) is 13.2. The Kier molecular flexibility index (Phi) is 7.52. The molecule has 0 spiro atoms. The van der Waals surface area contributed by atoms with Gasteiger partial charge in [-0.05, 0) is 86.3 Å². The van der Waals surface area contributed by atoms with Crippen LogP contribution in [-0.4, -0.2) is 41.5 Å². The van der Waals surface area contributed by atoms with E-state index in [1.165, 1.54) is 29.3 Å². The predicted octanol–water partition coefficient (Wildman–Crippen LogP) is 6.68. The van der Waals surface area contributed by atoms with Gasteiger partial charge in [0.2, 0.25) is 5.91 Å². The molecule has 0 N–H and O–H groups in total. The first-order valence-corrected chi connectivity index (χ1v) is 12.9. The molecular weight excluding hydrogens is 536 g/mol. The van der Waals surface area contributed by atoms with Crippen molar-refractivity contribution in [1.29, 1.82) is 0 Å². The van der Waals surface area contributed by atoms with Crippen molar-refractivity contribution in [1.82, 2.24) is 9.88 Å². The number of halogens is 6. The molecule has 212 valence electrons. The summed E-state index contributed by atoms with van der Waals surface area (Å²) in [6.07, 6.45) is -4.99. The third kappa shape index (κ3) is 6.24. The number of alkyl halides is 6. The summed E-state index contributed by atoms with van der Waals surface area (Å²) < 4.78 is 83.9. The summed E-state index contributed by atoms with van der Waals surface area (Å²) in [5.74, 6) is 0.401. The van der Waals surface area contributed by atoms with E-state index in [2.05, 4.69) is 4.98 Å². The SMILES string of the molecule is CN(CCc1ccc(C(F)(F)F)nc1)C1CC(c2cccc(OC3CC3)c2)N(c2ccc(C(F)(F)F)cc2)C1=O. The first-order valence-electron chi connectivity index (χ1n) is 12.9. The molecule has 2 aromatic carbocycles. The number of likely N-dealkylation sites (N-methyl/N-ethyl adjacent to an activating group) is 1. The number of nitrogens with zero attached hydrogens (tertiary/aromatic N) is 3. The van der Waals surface area contributed by atoms with Crippen molar-refractivity contribution in [2.45, 2.75) is 56.2 Å². The van der Waals surface area contributed by atoms with E-state index >= 15 is 0 Å². The maximum atomic E-state index is 13.7.